The molecule has 0 bridgehead atoms. The topological polar surface area (TPSA) is 72.9 Å². The lowest BCUT2D eigenvalue weighted by molar-refractivity contribution is 0.168. The van der Waals surface area contributed by atoms with Gasteiger partial charge in [-0.15, -0.1) is 21.5 Å². The van der Waals surface area contributed by atoms with Crippen molar-refractivity contribution in [2.45, 2.75) is 26.4 Å². The Kier molecular flexibility index (Phi) is 2.46. The highest BCUT2D eigenvalue weighted by Crippen LogP contribution is 2.28. The molecule has 3 rings (SSSR count). The first kappa shape index (κ1) is 10.8. The van der Waals surface area contributed by atoms with Gasteiger partial charge in [-0.3, -0.25) is 5.84 Å². The van der Waals surface area contributed by atoms with Crippen molar-refractivity contribution in [1.29, 1.82) is 0 Å². The van der Waals surface area contributed by atoms with Crippen LogP contribution in [0.3, 0.4) is 0 Å². The van der Waals surface area contributed by atoms with Crippen molar-refractivity contribution in [3.05, 3.63) is 16.9 Å². The normalized spacial score (nSPS) is 20.5. The molecule has 0 fully saturated rings. The molecule has 1 aliphatic heterocycles. The van der Waals surface area contributed by atoms with Crippen LogP contribution in [-0.2, 0) is 6.54 Å². The Balaban J connectivity index is 2.07. The summed E-state index contributed by atoms with van der Waals surface area (Å²) in [4.78, 5) is 4.46. The van der Waals surface area contributed by atoms with E-state index in [0.717, 1.165) is 35.4 Å². The molecular weight excluding hydrogens is 236 g/mol. The predicted molar refractivity (Wildman–Crippen MR) is 65.2 cm³/mol. The number of nitrogens with two attached hydrogens (primary N) is 1. The molecule has 2 aromatic heterocycles. The van der Waals surface area contributed by atoms with Crippen molar-refractivity contribution in [1.82, 2.24) is 24.8 Å². The standard InChI is InChI=1S/C10H14N6S/c1-6-5-17-10(12-6)9-14-13-8-7(2)16(11)4-3-15(8)9/h5,7H,3-4,11H2,1-2H3/t7-/m0/s1. The van der Waals surface area contributed by atoms with E-state index in [-0.39, 0.29) is 6.04 Å². The summed E-state index contributed by atoms with van der Waals surface area (Å²) in [5.41, 5.74) is 1.02. The second kappa shape index (κ2) is 3.86. The van der Waals surface area contributed by atoms with Crippen molar-refractivity contribution in [3.8, 4) is 10.8 Å². The van der Waals surface area contributed by atoms with Gasteiger partial charge in [-0.2, -0.15) is 0 Å². The lowest BCUT2D eigenvalue weighted by Gasteiger charge is -2.29. The van der Waals surface area contributed by atoms with Gasteiger partial charge in [0.15, 0.2) is 16.7 Å². The highest BCUT2D eigenvalue weighted by atomic mass is 32.1. The number of aromatic nitrogens is 4. The summed E-state index contributed by atoms with van der Waals surface area (Å²) < 4.78 is 2.12. The molecule has 90 valence electrons. The fraction of sp³-hybridized carbons (Fsp3) is 0.500. The average Bonchev–Trinajstić information content (AvgIpc) is 2.89. The van der Waals surface area contributed by atoms with Gasteiger partial charge >= 0.3 is 0 Å². The van der Waals surface area contributed by atoms with E-state index in [0.29, 0.717) is 0 Å². The Morgan fingerprint density at radius 2 is 2.24 bits per heavy atom. The van der Waals surface area contributed by atoms with Crippen molar-refractivity contribution < 1.29 is 0 Å². The van der Waals surface area contributed by atoms with Crippen LogP contribution in [0.25, 0.3) is 10.8 Å². The van der Waals surface area contributed by atoms with Gasteiger partial charge in [-0.05, 0) is 13.8 Å². The van der Waals surface area contributed by atoms with Crippen molar-refractivity contribution in [2.24, 2.45) is 5.84 Å². The maximum Gasteiger partial charge on any atom is 0.193 e. The van der Waals surface area contributed by atoms with Crippen LogP contribution in [0.5, 0.6) is 0 Å². The third kappa shape index (κ3) is 1.67. The SMILES string of the molecule is Cc1csc(-c2nnc3n2CCN(N)[C@H]3C)n1. The second-order valence-corrected chi connectivity index (χ2v) is 5.10. The monoisotopic (exact) mass is 250 g/mol. The number of aryl methyl sites for hydroxylation is 1. The largest absolute Gasteiger partial charge is 0.306 e. The molecule has 0 amide bonds. The van der Waals surface area contributed by atoms with Gasteiger partial charge in [0, 0.05) is 24.2 Å². The van der Waals surface area contributed by atoms with Crippen LogP contribution < -0.4 is 5.84 Å². The summed E-state index contributed by atoms with van der Waals surface area (Å²) in [6.07, 6.45) is 0. The van der Waals surface area contributed by atoms with E-state index in [1.807, 2.05) is 19.2 Å². The number of hydrogen-bond acceptors (Lipinski definition) is 6. The molecule has 0 saturated heterocycles. The maximum absolute atomic E-state index is 5.88. The number of thiazole rings is 1. The van der Waals surface area contributed by atoms with Crippen molar-refractivity contribution in [2.75, 3.05) is 6.54 Å². The molecule has 2 N–H and O–H groups in total. The van der Waals surface area contributed by atoms with Crippen molar-refractivity contribution >= 4 is 11.3 Å². The van der Waals surface area contributed by atoms with E-state index < -0.39 is 0 Å². The van der Waals surface area contributed by atoms with Crippen LogP contribution in [-0.4, -0.2) is 31.3 Å². The number of nitrogens with zero attached hydrogens (tertiary/aromatic N) is 5. The summed E-state index contributed by atoms with van der Waals surface area (Å²) in [7, 11) is 0. The van der Waals surface area contributed by atoms with Crippen LogP contribution in [0, 0.1) is 6.92 Å². The van der Waals surface area contributed by atoms with Gasteiger partial charge in [0.1, 0.15) is 0 Å². The predicted octanol–water partition coefficient (Wildman–Crippen LogP) is 0.960. The minimum atomic E-state index is 0.103. The molecule has 0 radical (unpaired) electrons. The summed E-state index contributed by atoms with van der Waals surface area (Å²) >= 11 is 1.60. The molecule has 6 nitrogen and oxygen atoms in total. The summed E-state index contributed by atoms with van der Waals surface area (Å²) in [6.45, 7) is 5.65. The van der Waals surface area contributed by atoms with Gasteiger partial charge in [0.05, 0.1) is 6.04 Å². The van der Waals surface area contributed by atoms with Gasteiger partial charge in [-0.1, -0.05) is 0 Å². The Morgan fingerprint density at radius 1 is 1.41 bits per heavy atom. The molecule has 0 spiro atoms. The van der Waals surface area contributed by atoms with E-state index in [1.165, 1.54) is 0 Å². The Morgan fingerprint density at radius 3 is 2.94 bits per heavy atom. The van der Waals surface area contributed by atoms with E-state index in [4.69, 9.17) is 5.84 Å². The van der Waals surface area contributed by atoms with Gasteiger partial charge in [-0.25, -0.2) is 9.99 Å². The molecule has 3 heterocycles. The Labute approximate surface area is 103 Å². The highest BCUT2D eigenvalue weighted by Gasteiger charge is 2.27. The summed E-state index contributed by atoms with van der Waals surface area (Å²) in [6, 6.07) is 0.103. The molecular formula is C10H14N6S. The third-order valence-corrected chi connectivity index (χ3v) is 4.00. The van der Waals surface area contributed by atoms with Crippen molar-refractivity contribution in [3.63, 3.8) is 0 Å². The average molecular weight is 250 g/mol. The molecule has 0 unspecified atom stereocenters. The molecule has 0 aliphatic carbocycles. The van der Waals surface area contributed by atoms with E-state index >= 15 is 0 Å². The Hall–Kier alpha value is -1.31. The summed E-state index contributed by atoms with van der Waals surface area (Å²) in [5.74, 6) is 7.66. The lowest BCUT2D eigenvalue weighted by atomic mass is 10.2. The fourth-order valence-corrected chi connectivity index (χ4v) is 2.80. The van der Waals surface area contributed by atoms with E-state index in [1.54, 1.807) is 16.3 Å². The zero-order valence-electron chi connectivity index (χ0n) is 9.79. The molecule has 1 atom stereocenters. The molecule has 0 aromatic carbocycles. The van der Waals surface area contributed by atoms with Crippen LogP contribution in [0.4, 0.5) is 0 Å². The number of rotatable bonds is 1. The number of hydrazine groups is 1. The minimum Gasteiger partial charge on any atom is -0.306 e. The maximum atomic E-state index is 5.88. The van der Waals surface area contributed by atoms with Crippen LogP contribution >= 0.6 is 11.3 Å². The van der Waals surface area contributed by atoms with Crippen LogP contribution in [0.15, 0.2) is 5.38 Å². The van der Waals surface area contributed by atoms with Crippen LogP contribution in [0.2, 0.25) is 0 Å². The molecule has 1 aliphatic rings. The van der Waals surface area contributed by atoms with Gasteiger partial charge in [0.2, 0.25) is 0 Å². The van der Waals surface area contributed by atoms with E-state index in [2.05, 4.69) is 19.7 Å². The highest BCUT2D eigenvalue weighted by molar-refractivity contribution is 7.13. The second-order valence-electron chi connectivity index (χ2n) is 4.24. The molecule has 7 heteroatoms. The van der Waals surface area contributed by atoms with Crippen LogP contribution in [0.1, 0.15) is 24.5 Å². The Bertz CT molecular complexity index is 545. The molecule has 17 heavy (non-hydrogen) atoms. The lowest BCUT2D eigenvalue weighted by Crippen LogP contribution is -2.41. The first-order chi connectivity index (χ1) is 8.16. The fourth-order valence-electron chi connectivity index (χ4n) is 2.02. The van der Waals surface area contributed by atoms with E-state index in [9.17, 15) is 0 Å². The summed E-state index contributed by atoms with van der Waals surface area (Å²) in [5, 5.41) is 13.2. The smallest absolute Gasteiger partial charge is 0.193 e. The minimum absolute atomic E-state index is 0.103. The van der Waals surface area contributed by atoms with Gasteiger partial charge in [0.25, 0.3) is 0 Å². The third-order valence-electron chi connectivity index (χ3n) is 3.04. The first-order valence-electron chi connectivity index (χ1n) is 5.54. The molecule has 0 saturated carbocycles. The zero-order valence-corrected chi connectivity index (χ0v) is 10.6. The first-order valence-corrected chi connectivity index (χ1v) is 6.41. The number of fused-ring (bicyclic) bond motifs is 1. The zero-order chi connectivity index (χ0) is 12.0. The quantitative estimate of drug-likeness (QED) is 0.763. The molecule has 2 aromatic rings. The van der Waals surface area contributed by atoms with Gasteiger partial charge < -0.3 is 4.57 Å². The number of hydrogen-bond donors (Lipinski definition) is 1.